The van der Waals surface area contributed by atoms with Crippen LogP contribution in [-0.2, 0) is 10.0 Å². The van der Waals surface area contributed by atoms with Crippen molar-refractivity contribution in [2.75, 3.05) is 26.3 Å². The Labute approximate surface area is 170 Å². The maximum Gasteiger partial charge on any atom is 0.312 e. The van der Waals surface area contributed by atoms with Crippen molar-refractivity contribution in [1.82, 2.24) is 4.31 Å². The van der Waals surface area contributed by atoms with E-state index in [1.165, 1.54) is 16.4 Å². The summed E-state index contributed by atoms with van der Waals surface area (Å²) in [5.74, 6) is 0.715. The lowest BCUT2D eigenvalue weighted by Gasteiger charge is -2.16. The first-order chi connectivity index (χ1) is 13.8. The molecule has 0 spiro atoms. The molecule has 2 aromatic rings. The number of benzene rings is 2. The van der Waals surface area contributed by atoms with E-state index < -0.39 is 14.9 Å². The van der Waals surface area contributed by atoms with Crippen LogP contribution in [0.25, 0.3) is 0 Å². The molecule has 0 N–H and O–H groups in total. The maximum absolute atomic E-state index is 12.6. The van der Waals surface area contributed by atoms with E-state index in [0.717, 1.165) is 30.0 Å². The molecule has 9 heteroatoms. The summed E-state index contributed by atoms with van der Waals surface area (Å²) in [6.07, 6.45) is 1.59. The molecule has 8 nitrogen and oxygen atoms in total. The standard InChI is InChI=1S/C20H24N2O6S/c1-15-11-16(2)13-17(12-15)27-9-10-28-20-6-5-18(14-19(20)22(23)24)29(25,26)21-7-3-4-8-21/h5-6,11-14H,3-4,7-10H2,1-2H3. The van der Waals surface area contributed by atoms with Crippen LogP contribution in [0.3, 0.4) is 0 Å². The Morgan fingerprint density at radius 3 is 2.24 bits per heavy atom. The molecule has 0 aliphatic carbocycles. The van der Waals surface area contributed by atoms with Crippen molar-refractivity contribution in [2.45, 2.75) is 31.6 Å². The second kappa shape index (κ2) is 8.79. The Balaban J connectivity index is 1.68. The van der Waals surface area contributed by atoms with Gasteiger partial charge in [0.05, 0.1) is 9.82 Å². The molecule has 1 saturated heterocycles. The monoisotopic (exact) mass is 420 g/mol. The molecule has 1 aliphatic heterocycles. The van der Waals surface area contributed by atoms with Crippen LogP contribution < -0.4 is 9.47 Å². The molecule has 2 aromatic carbocycles. The summed E-state index contributed by atoms with van der Waals surface area (Å²) in [6, 6.07) is 9.57. The van der Waals surface area contributed by atoms with E-state index in [9.17, 15) is 18.5 Å². The fourth-order valence-electron chi connectivity index (χ4n) is 3.33. The van der Waals surface area contributed by atoms with Gasteiger partial charge in [-0.1, -0.05) is 6.07 Å². The summed E-state index contributed by atoms with van der Waals surface area (Å²) in [4.78, 5) is 10.7. The largest absolute Gasteiger partial charge is 0.490 e. The molecule has 1 heterocycles. The van der Waals surface area contributed by atoms with Crippen molar-refractivity contribution in [3.05, 3.63) is 57.6 Å². The Bertz CT molecular complexity index is 980. The smallest absolute Gasteiger partial charge is 0.312 e. The number of rotatable bonds is 8. The quantitative estimate of drug-likeness (QED) is 0.368. The Morgan fingerprint density at radius 1 is 1.00 bits per heavy atom. The van der Waals surface area contributed by atoms with E-state index in [-0.39, 0.29) is 29.5 Å². The summed E-state index contributed by atoms with van der Waals surface area (Å²) in [5.41, 5.74) is 1.77. The third kappa shape index (κ3) is 5.04. The van der Waals surface area contributed by atoms with Gasteiger partial charge in [0.25, 0.3) is 0 Å². The van der Waals surface area contributed by atoms with Crippen LogP contribution in [0, 0.1) is 24.0 Å². The zero-order valence-corrected chi connectivity index (χ0v) is 17.3. The molecular weight excluding hydrogens is 396 g/mol. The SMILES string of the molecule is Cc1cc(C)cc(OCCOc2ccc(S(=O)(=O)N3CCCC3)cc2[N+](=O)[O-])c1. The van der Waals surface area contributed by atoms with Gasteiger partial charge in [0.2, 0.25) is 10.0 Å². The number of sulfonamides is 1. The number of ether oxygens (including phenoxy) is 2. The molecular formula is C20H24N2O6S. The Kier molecular flexibility index (Phi) is 6.39. The van der Waals surface area contributed by atoms with Gasteiger partial charge in [-0.15, -0.1) is 0 Å². The average Bonchev–Trinajstić information content (AvgIpc) is 3.20. The van der Waals surface area contributed by atoms with Gasteiger partial charge in [0.15, 0.2) is 5.75 Å². The number of nitrogens with zero attached hydrogens (tertiary/aromatic N) is 2. The van der Waals surface area contributed by atoms with Gasteiger partial charge >= 0.3 is 5.69 Å². The summed E-state index contributed by atoms with van der Waals surface area (Å²) >= 11 is 0. The predicted octanol–water partition coefficient (Wildman–Crippen LogP) is 3.45. The van der Waals surface area contributed by atoms with Crippen molar-refractivity contribution in [2.24, 2.45) is 0 Å². The summed E-state index contributed by atoms with van der Waals surface area (Å²) in [7, 11) is -3.73. The van der Waals surface area contributed by atoms with E-state index in [0.29, 0.717) is 18.8 Å². The normalized spacial score (nSPS) is 14.7. The van der Waals surface area contributed by atoms with Crippen LogP contribution in [0.4, 0.5) is 5.69 Å². The zero-order valence-electron chi connectivity index (χ0n) is 16.5. The number of nitro benzene ring substituents is 1. The van der Waals surface area contributed by atoms with Gasteiger partial charge in [0, 0.05) is 19.2 Å². The first kappa shape index (κ1) is 21.1. The third-order valence-electron chi connectivity index (χ3n) is 4.63. The maximum atomic E-state index is 12.6. The zero-order chi connectivity index (χ0) is 21.0. The van der Waals surface area contributed by atoms with E-state index in [4.69, 9.17) is 9.47 Å². The minimum absolute atomic E-state index is 0.0133. The van der Waals surface area contributed by atoms with Crippen LogP contribution >= 0.6 is 0 Å². The fourth-order valence-corrected chi connectivity index (χ4v) is 4.86. The number of aryl methyl sites for hydroxylation is 2. The summed E-state index contributed by atoms with van der Waals surface area (Å²) in [5, 5.41) is 11.4. The van der Waals surface area contributed by atoms with Crippen LogP contribution in [0.5, 0.6) is 11.5 Å². The number of nitro groups is 1. The van der Waals surface area contributed by atoms with Crippen molar-refractivity contribution >= 4 is 15.7 Å². The van der Waals surface area contributed by atoms with Crippen LogP contribution in [-0.4, -0.2) is 43.9 Å². The first-order valence-electron chi connectivity index (χ1n) is 9.40. The van der Waals surface area contributed by atoms with Crippen molar-refractivity contribution < 1.29 is 22.8 Å². The lowest BCUT2D eigenvalue weighted by atomic mass is 10.1. The summed E-state index contributed by atoms with van der Waals surface area (Å²) in [6.45, 7) is 5.10. The molecule has 1 aliphatic rings. The lowest BCUT2D eigenvalue weighted by molar-refractivity contribution is -0.386. The molecule has 0 saturated carbocycles. The van der Waals surface area contributed by atoms with E-state index in [1.807, 2.05) is 32.0 Å². The van der Waals surface area contributed by atoms with Crippen LogP contribution in [0.1, 0.15) is 24.0 Å². The minimum atomic E-state index is -3.73. The van der Waals surface area contributed by atoms with Crippen molar-refractivity contribution in [3.63, 3.8) is 0 Å². The summed E-state index contributed by atoms with van der Waals surface area (Å²) < 4.78 is 37.8. The highest BCUT2D eigenvalue weighted by molar-refractivity contribution is 7.89. The molecule has 156 valence electrons. The molecule has 0 amide bonds. The van der Waals surface area contributed by atoms with Gasteiger partial charge in [-0.2, -0.15) is 4.31 Å². The molecule has 0 unspecified atom stereocenters. The second-order valence-corrected chi connectivity index (χ2v) is 8.96. The fraction of sp³-hybridized carbons (Fsp3) is 0.400. The molecule has 0 radical (unpaired) electrons. The number of hydrogen-bond acceptors (Lipinski definition) is 6. The van der Waals surface area contributed by atoms with Crippen LogP contribution in [0.2, 0.25) is 0 Å². The molecule has 29 heavy (non-hydrogen) atoms. The van der Waals surface area contributed by atoms with E-state index in [1.54, 1.807) is 0 Å². The van der Waals surface area contributed by atoms with Crippen LogP contribution in [0.15, 0.2) is 41.3 Å². The van der Waals surface area contributed by atoms with Gasteiger partial charge in [-0.25, -0.2) is 8.42 Å². The molecule has 0 aromatic heterocycles. The highest BCUT2D eigenvalue weighted by Crippen LogP contribution is 2.31. The topological polar surface area (TPSA) is 99.0 Å². The Morgan fingerprint density at radius 2 is 1.62 bits per heavy atom. The molecule has 1 fully saturated rings. The van der Waals surface area contributed by atoms with Gasteiger partial charge in [0.1, 0.15) is 19.0 Å². The third-order valence-corrected chi connectivity index (χ3v) is 6.53. The minimum Gasteiger partial charge on any atom is -0.490 e. The van der Waals surface area contributed by atoms with Crippen molar-refractivity contribution in [1.29, 1.82) is 0 Å². The predicted molar refractivity (Wildman–Crippen MR) is 108 cm³/mol. The number of hydrogen-bond donors (Lipinski definition) is 0. The van der Waals surface area contributed by atoms with E-state index in [2.05, 4.69) is 0 Å². The first-order valence-corrected chi connectivity index (χ1v) is 10.8. The second-order valence-electron chi connectivity index (χ2n) is 7.02. The van der Waals surface area contributed by atoms with Gasteiger partial charge < -0.3 is 9.47 Å². The Hall–Kier alpha value is -2.65. The van der Waals surface area contributed by atoms with E-state index >= 15 is 0 Å². The highest BCUT2D eigenvalue weighted by atomic mass is 32.2. The molecule has 3 rings (SSSR count). The van der Waals surface area contributed by atoms with Gasteiger partial charge in [-0.05, 0) is 62.1 Å². The van der Waals surface area contributed by atoms with Gasteiger partial charge in [-0.3, -0.25) is 10.1 Å². The average molecular weight is 420 g/mol. The van der Waals surface area contributed by atoms with Crippen molar-refractivity contribution in [3.8, 4) is 11.5 Å². The molecule has 0 bridgehead atoms. The lowest BCUT2D eigenvalue weighted by Crippen LogP contribution is -2.27. The molecule has 0 atom stereocenters. The highest BCUT2D eigenvalue weighted by Gasteiger charge is 2.29.